The molecule has 7 nitrogen and oxygen atoms in total. The minimum atomic E-state index is 0.578. The Labute approximate surface area is 136 Å². The van der Waals surface area contributed by atoms with Crippen molar-refractivity contribution < 1.29 is 0 Å². The van der Waals surface area contributed by atoms with Gasteiger partial charge in [0.15, 0.2) is 11.5 Å². The smallest absolute Gasteiger partial charge is 0.205 e. The number of H-pyrrole nitrogens is 1. The number of nitrogens with zero attached hydrogens (tertiary/aromatic N) is 6. The van der Waals surface area contributed by atoms with Gasteiger partial charge in [-0.1, -0.05) is 30.3 Å². The zero-order valence-corrected chi connectivity index (χ0v) is 12.5. The quantitative estimate of drug-likeness (QED) is 0.541. The van der Waals surface area contributed by atoms with Gasteiger partial charge in [-0.25, -0.2) is 4.98 Å². The Kier molecular flexibility index (Phi) is 2.66. The second-order valence-corrected chi connectivity index (χ2v) is 5.39. The highest BCUT2D eigenvalue weighted by atomic mass is 15.3. The Hall–Kier alpha value is -3.61. The average Bonchev–Trinajstić information content (AvgIpc) is 3.31. The van der Waals surface area contributed by atoms with Crippen LogP contribution in [0, 0.1) is 0 Å². The van der Waals surface area contributed by atoms with Crippen molar-refractivity contribution in [2.45, 2.75) is 0 Å². The van der Waals surface area contributed by atoms with E-state index in [0.717, 1.165) is 27.7 Å². The molecule has 24 heavy (non-hydrogen) atoms. The lowest BCUT2D eigenvalue weighted by molar-refractivity contribution is 1.04. The van der Waals surface area contributed by atoms with Gasteiger partial charge >= 0.3 is 0 Å². The average molecular weight is 313 g/mol. The molecule has 7 heteroatoms. The van der Waals surface area contributed by atoms with Crippen LogP contribution in [0.2, 0.25) is 0 Å². The number of aromatic nitrogens is 7. The number of nitrogens with one attached hydrogen (secondary N) is 1. The van der Waals surface area contributed by atoms with Gasteiger partial charge in [0.2, 0.25) is 5.82 Å². The Morgan fingerprint density at radius 1 is 0.917 bits per heavy atom. The number of hydrogen-bond donors (Lipinski definition) is 1. The molecule has 0 bridgehead atoms. The molecule has 4 aromatic heterocycles. The zero-order chi connectivity index (χ0) is 15.9. The van der Waals surface area contributed by atoms with Gasteiger partial charge < -0.3 is 0 Å². The molecule has 0 saturated carbocycles. The second kappa shape index (κ2) is 4.95. The molecule has 1 aromatic carbocycles. The highest BCUT2D eigenvalue weighted by Gasteiger charge is 2.13. The summed E-state index contributed by atoms with van der Waals surface area (Å²) in [6.07, 6.45) is 5.22. The lowest BCUT2D eigenvalue weighted by Crippen LogP contribution is -1.93. The van der Waals surface area contributed by atoms with Gasteiger partial charge in [-0.05, 0) is 17.7 Å². The summed E-state index contributed by atoms with van der Waals surface area (Å²) in [6, 6.07) is 14.2. The molecule has 4 heterocycles. The molecule has 0 aliphatic carbocycles. The molecular formula is C17H11N7. The summed E-state index contributed by atoms with van der Waals surface area (Å²) in [5, 5.41) is 16.2. The molecule has 1 N–H and O–H groups in total. The van der Waals surface area contributed by atoms with E-state index in [1.165, 1.54) is 6.33 Å². The van der Waals surface area contributed by atoms with Gasteiger partial charge in [0, 0.05) is 23.3 Å². The summed E-state index contributed by atoms with van der Waals surface area (Å²) in [5.74, 6) is 1.20. The molecule has 0 aliphatic heterocycles. The van der Waals surface area contributed by atoms with Gasteiger partial charge in [0.05, 0.1) is 5.52 Å². The third-order valence-electron chi connectivity index (χ3n) is 3.97. The van der Waals surface area contributed by atoms with Crippen molar-refractivity contribution >= 4 is 16.6 Å². The normalized spacial score (nSPS) is 11.3. The van der Waals surface area contributed by atoms with Crippen molar-refractivity contribution in [3.63, 3.8) is 0 Å². The van der Waals surface area contributed by atoms with Gasteiger partial charge in [0.1, 0.15) is 6.33 Å². The fraction of sp³-hybridized carbons (Fsp3) is 0. The molecule has 0 radical (unpaired) electrons. The Bertz CT molecular complexity index is 1140. The van der Waals surface area contributed by atoms with Gasteiger partial charge in [-0.15, -0.1) is 10.2 Å². The van der Waals surface area contributed by atoms with Crippen LogP contribution in [-0.4, -0.2) is 34.8 Å². The number of rotatable bonds is 2. The van der Waals surface area contributed by atoms with E-state index in [-0.39, 0.29) is 0 Å². The number of fused-ring (bicyclic) bond motifs is 3. The van der Waals surface area contributed by atoms with Crippen LogP contribution in [-0.2, 0) is 0 Å². The van der Waals surface area contributed by atoms with Crippen molar-refractivity contribution in [3.8, 4) is 22.8 Å². The van der Waals surface area contributed by atoms with Crippen molar-refractivity contribution in [1.82, 2.24) is 34.8 Å². The second-order valence-electron chi connectivity index (χ2n) is 5.39. The lowest BCUT2D eigenvalue weighted by atomic mass is 10.1. The number of benzene rings is 1. The molecule has 5 aromatic rings. The van der Waals surface area contributed by atoms with Crippen LogP contribution >= 0.6 is 0 Å². The summed E-state index contributed by atoms with van der Waals surface area (Å²) in [5.41, 5.74) is 3.77. The van der Waals surface area contributed by atoms with E-state index < -0.39 is 0 Å². The van der Waals surface area contributed by atoms with Gasteiger partial charge in [0.25, 0.3) is 0 Å². The van der Waals surface area contributed by atoms with Crippen LogP contribution in [0.4, 0.5) is 0 Å². The maximum Gasteiger partial charge on any atom is 0.205 e. The fourth-order valence-electron chi connectivity index (χ4n) is 2.81. The maximum absolute atomic E-state index is 4.56. The SMILES string of the molecule is c1ccc(-c2cnc3ccn4c(-c5ncn[nH]5)nnc4c3c2)cc1. The van der Waals surface area contributed by atoms with Gasteiger partial charge in [-0.2, -0.15) is 5.10 Å². The molecule has 0 fully saturated rings. The monoisotopic (exact) mass is 313 g/mol. The molecule has 0 amide bonds. The molecule has 5 rings (SSSR count). The van der Waals surface area contributed by atoms with E-state index in [1.807, 2.05) is 41.1 Å². The van der Waals surface area contributed by atoms with Crippen molar-refractivity contribution in [1.29, 1.82) is 0 Å². The predicted molar refractivity (Wildman–Crippen MR) is 89.1 cm³/mol. The first-order valence-electron chi connectivity index (χ1n) is 7.45. The zero-order valence-electron chi connectivity index (χ0n) is 12.5. The third-order valence-corrected chi connectivity index (χ3v) is 3.97. The summed E-state index contributed by atoms with van der Waals surface area (Å²) in [4.78, 5) is 8.71. The van der Waals surface area contributed by atoms with Crippen LogP contribution in [0.3, 0.4) is 0 Å². The maximum atomic E-state index is 4.56. The van der Waals surface area contributed by atoms with E-state index in [0.29, 0.717) is 11.6 Å². The first-order chi connectivity index (χ1) is 11.9. The van der Waals surface area contributed by atoms with E-state index in [9.17, 15) is 0 Å². The molecular weight excluding hydrogens is 302 g/mol. The number of aromatic amines is 1. The topological polar surface area (TPSA) is 84.6 Å². The standard InChI is InChI=1S/C17H11N7/c1-2-4-11(5-3-1)12-8-13-14(18-9-12)6-7-24-16(13)22-23-17(24)15-19-10-20-21-15/h1-10H,(H,19,20,21). The van der Waals surface area contributed by atoms with Crippen LogP contribution < -0.4 is 0 Å². The van der Waals surface area contributed by atoms with E-state index in [2.05, 4.69) is 48.6 Å². The summed E-state index contributed by atoms with van der Waals surface area (Å²) in [6.45, 7) is 0. The lowest BCUT2D eigenvalue weighted by Gasteiger charge is -2.05. The third kappa shape index (κ3) is 1.88. The van der Waals surface area contributed by atoms with Crippen LogP contribution in [0.15, 0.2) is 61.2 Å². The van der Waals surface area contributed by atoms with Crippen LogP contribution in [0.25, 0.3) is 39.3 Å². The largest absolute Gasteiger partial charge is 0.279 e. The molecule has 0 atom stereocenters. The number of pyridine rings is 2. The van der Waals surface area contributed by atoms with E-state index in [4.69, 9.17) is 0 Å². The molecule has 0 saturated heterocycles. The van der Waals surface area contributed by atoms with Crippen LogP contribution in [0.5, 0.6) is 0 Å². The Morgan fingerprint density at radius 3 is 2.67 bits per heavy atom. The van der Waals surface area contributed by atoms with E-state index in [1.54, 1.807) is 0 Å². The van der Waals surface area contributed by atoms with Gasteiger partial charge in [-0.3, -0.25) is 14.5 Å². The minimum Gasteiger partial charge on any atom is -0.279 e. The van der Waals surface area contributed by atoms with Crippen molar-refractivity contribution in [2.24, 2.45) is 0 Å². The first-order valence-corrected chi connectivity index (χ1v) is 7.45. The fourth-order valence-corrected chi connectivity index (χ4v) is 2.81. The molecule has 0 aliphatic rings. The van der Waals surface area contributed by atoms with Crippen molar-refractivity contribution in [2.75, 3.05) is 0 Å². The highest BCUT2D eigenvalue weighted by molar-refractivity contribution is 5.94. The van der Waals surface area contributed by atoms with E-state index >= 15 is 0 Å². The Balaban J connectivity index is 1.78. The molecule has 0 unspecified atom stereocenters. The minimum absolute atomic E-state index is 0.578. The summed E-state index contributed by atoms with van der Waals surface area (Å²) >= 11 is 0. The summed E-state index contributed by atoms with van der Waals surface area (Å²) < 4.78 is 1.89. The molecule has 114 valence electrons. The Morgan fingerprint density at radius 2 is 1.83 bits per heavy atom. The predicted octanol–water partition coefficient (Wildman–Crippen LogP) is 2.73. The highest BCUT2D eigenvalue weighted by Crippen LogP contribution is 2.26. The number of hydrogen-bond acceptors (Lipinski definition) is 5. The molecule has 0 spiro atoms. The van der Waals surface area contributed by atoms with Crippen molar-refractivity contribution in [3.05, 3.63) is 61.2 Å². The first kappa shape index (κ1) is 12.9. The summed E-state index contributed by atoms with van der Waals surface area (Å²) in [7, 11) is 0. The van der Waals surface area contributed by atoms with Crippen LogP contribution in [0.1, 0.15) is 0 Å².